The van der Waals surface area contributed by atoms with Crippen molar-refractivity contribution in [2.45, 2.75) is 12.1 Å². The lowest BCUT2D eigenvalue weighted by atomic mass is 9.80. The minimum Gasteiger partial charge on any atom is -1.00 e. The number of halogens is 1. The number of fused-ring (bicyclic) bond motifs is 1. The maximum atomic E-state index is 11.3. The predicted octanol–water partition coefficient (Wildman–Crippen LogP) is -0.483. The molecular formula is C17H20INO. The van der Waals surface area contributed by atoms with Crippen molar-refractivity contribution in [3.05, 3.63) is 71.3 Å². The van der Waals surface area contributed by atoms with Crippen LogP contribution in [0.15, 0.2) is 54.6 Å². The Bertz CT molecular complexity index is 597. The fourth-order valence-corrected chi connectivity index (χ4v) is 3.24. The Morgan fingerprint density at radius 2 is 1.55 bits per heavy atom. The first-order valence-corrected chi connectivity index (χ1v) is 6.70. The van der Waals surface area contributed by atoms with E-state index in [1.807, 2.05) is 36.4 Å². The molecule has 0 amide bonds. The maximum Gasteiger partial charge on any atom is 0.164 e. The molecule has 106 valence electrons. The first-order valence-electron chi connectivity index (χ1n) is 6.70. The third-order valence-corrected chi connectivity index (χ3v) is 3.97. The van der Waals surface area contributed by atoms with Crippen LogP contribution in [0.2, 0.25) is 0 Å². The van der Waals surface area contributed by atoms with E-state index in [1.165, 1.54) is 5.56 Å². The van der Waals surface area contributed by atoms with E-state index in [9.17, 15) is 5.11 Å². The van der Waals surface area contributed by atoms with Crippen LogP contribution >= 0.6 is 0 Å². The lowest BCUT2D eigenvalue weighted by Gasteiger charge is -2.44. The number of aliphatic hydroxyl groups is 1. The topological polar surface area (TPSA) is 20.2 Å². The van der Waals surface area contributed by atoms with Gasteiger partial charge in [0.1, 0.15) is 13.1 Å². The average Bonchev–Trinajstić information content (AvgIpc) is 2.38. The largest absolute Gasteiger partial charge is 1.00 e. The van der Waals surface area contributed by atoms with E-state index in [2.05, 4.69) is 32.3 Å². The second-order valence-electron chi connectivity index (χ2n) is 6.14. The van der Waals surface area contributed by atoms with Gasteiger partial charge in [-0.2, -0.15) is 0 Å². The van der Waals surface area contributed by atoms with Crippen molar-refractivity contribution < 1.29 is 33.6 Å². The molecule has 1 heterocycles. The highest BCUT2D eigenvalue weighted by atomic mass is 127. The highest BCUT2D eigenvalue weighted by molar-refractivity contribution is 5.42. The van der Waals surface area contributed by atoms with Crippen molar-refractivity contribution in [1.82, 2.24) is 0 Å². The molecule has 1 aliphatic heterocycles. The van der Waals surface area contributed by atoms with E-state index in [0.29, 0.717) is 6.54 Å². The Labute approximate surface area is 137 Å². The van der Waals surface area contributed by atoms with Crippen LogP contribution in [0.5, 0.6) is 0 Å². The Kier molecular flexibility index (Phi) is 4.23. The summed E-state index contributed by atoms with van der Waals surface area (Å²) in [6.45, 7) is 1.67. The van der Waals surface area contributed by atoms with Gasteiger partial charge >= 0.3 is 0 Å². The van der Waals surface area contributed by atoms with Gasteiger partial charge in [-0.3, -0.25) is 0 Å². The zero-order valence-electron chi connectivity index (χ0n) is 11.9. The zero-order chi connectivity index (χ0) is 13.5. The summed E-state index contributed by atoms with van der Waals surface area (Å²) in [4.78, 5) is 0. The fraction of sp³-hybridized carbons (Fsp3) is 0.294. The van der Waals surface area contributed by atoms with Gasteiger partial charge in [-0.25, -0.2) is 0 Å². The van der Waals surface area contributed by atoms with Gasteiger partial charge in [0, 0.05) is 11.1 Å². The molecule has 2 aromatic rings. The second-order valence-corrected chi connectivity index (χ2v) is 6.14. The van der Waals surface area contributed by atoms with Gasteiger partial charge in [0.2, 0.25) is 0 Å². The Hall–Kier alpha value is -0.910. The number of rotatable bonds is 1. The standard InChI is InChI=1S/C17H20NO.HI/c1-18(2)12-14-8-6-7-11-16(14)17(19,13-18)15-9-4-3-5-10-15;/h3-11,19H,12-13H2,1-2H3;1H/q+1;/p-1. The van der Waals surface area contributed by atoms with Crippen LogP contribution in [0.1, 0.15) is 16.7 Å². The second kappa shape index (κ2) is 5.47. The SMILES string of the molecule is C[N+]1(C)Cc2ccccc2C(O)(c2ccccc2)C1.[I-]. The van der Waals surface area contributed by atoms with Gasteiger partial charge < -0.3 is 33.6 Å². The molecule has 0 spiro atoms. The van der Waals surface area contributed by atoms with Crippen molar-refractivity contribution in [1.29, 1.82) is 0 Å². The summed E-state index contributed by atoms with van der Waals surface area (Å²) < 4.78 is 0.794. The number of benzene rings is 2. The highest BCUT2D eigenvalue weighted by Gasteiger charge is 2.44. The minimum absolute atomic E-state index is 0. The summed E-state index contributed by atoms with van der Waals surface area (Å²) in [5, 5.41) is 11.3. The molecule has 0 aromatic heterocycles. The van der Waals surface area contributed by atoms with Gasteiger partial charge in [-0.1, -0.05) is 54.6 Å². The molecular weight excluding hydrogens is 361 g/mol. The van der Waals surface area contributed by atoms with Crippen LogP contribution in [0.4, 0.5) is 0 Å². The predicted molar refractivity (Wildman–Crippen MR) is 76.6 cm³/mol. The molecule has 1 unspecified atom stereocenters. The molecule has 1 atom stereocenters. The summed E-state index contributed by atoms with van der Waals surface area (Å²) in [5.74, 6) is 0. The number of quaternary nitrogens is 1. The Morgan fingerprint density at radius 3 is 2.25 bits per heavy atom. The first kappa shape index (κ1) is 15.5. The van der Waals surface area contributed by atoms with Gasteiger partial charge in [-0.15, -0.1) is 0 Å². The maximum absolute atomic E-state index is 11.3. The molecule has 0 bridgehead atoms. The van der Waals surface area contributed by atoms with Crippen molar-refractivity contribution in [3.63, 3.8) is 0 Å². The normalized spacial score (nSPS) is 23.6. The molecule has 0 aliphatic carbocycles. The third-order valence-electron chi connectivity index (χ3n) is 3.97. The van der Waals surface area contributed by atoms with Gasteiger partial charge in [0.05, 0.1) is 14.1 Å². The van der Waals surface area contributed by atoms with Gasteiger partial charge in [0.25, 0.3) is 0 Å². The number of hydrogen-bond acceptors (Lipinski definition) is 1. The van der Waals surface area contributed by atoms with Crippen molar-refractivity contribution in [3.8, 4) is 0 Å². The molecule has 1 N–H and O–H groups in total. The third kappa shape index (κ3) is 2.62. The van der Waals surface area contributed by atoms with E-state index < -0.39 is 5.60 Å². The summed E-state index contributed by atoms with van der Waals surface area (Å²) in [6.07, 6.45) is 0. The molecule has 3 rings (SSSR count). The number of nitrogens with zero attached hydrogens (tertiary/aromatic N) is 1. The van der Waals surface area contributed by atoms with Crippen LogP contribution in [0.25, 0.3) is 0 Å². The summed E-state index contributed by atoms with van der Waals surface area (Å²) in [6, 6.07) is 18.2. The fourth-order valence-electron chi connectivity index (χ4n) is 3.24. The molecule has 0 radical (unpaired) electrons. The molecule has 0 saturated carbocycles. The number of hydrogen-bond donors (Lipinski definition) is 1. The smallest absolute Gasteiger partial charge is 0.164 e. The molecule has 0 fully saturated rings. The molecule has 3 heteroatoms. The van der Waals surface area contributed by atoms with Crippen LogP contribution < -0.4 is 24.0 Å². The average molecular weight is 381 g/mol. The number of likely N-dealkylation sites (N-methyl/N-ethyl adjacent to an activating group) is 1. The van der Waals surface area contributed by atoms with Crippen LogP contribution in [-0.4, -0.2) is 30.2 Å². The molecule has 20 heavy (non-hydrogen) atoms. The Morgan fingerprint density at radius 1 is 0.950 bits per heavy atom. The molecule has 1 aliphatic rings. The Balaban J connectivity index is 0.00000147. The lowest BCUT2D eigenvalue weighted by molar-refractivity contribution is -0.912. The highest BCUT2D eigenvalue weighted by Crippen LogP contribution is 2.38. The molecule has 0 saturated heterocycles. The van der Waals surface area contributed by atoms with E-state index in [-0.39, 0.29) is 24.0 Å². The van der Waals surface area contributed by atoms with Crippen LogP contribution in [0, 0.1) is 0 Å². The van der Waals surface area contributed by atoms with Gasteiger partial charge in [0.15, 0.2) is 5.60 Å². The van der Waals surface area contributed by atoms with Crippen molar-refractivity contribution >= 4 is 0 Å². The van der Waals surface area contributed by atoms with E-state index in [0.717, 1.165) is 22.2 Å². The van der Waals surface area contributed by atoms with E-state index >= 15 is 0 Å². The summed E-state index contributed by atoms with van der Waals surface area (Å²) >= 11 is 0. The lowest BCUT2D eigenvalue weighted by Crippen LogP contribution is -3.00. The van der Waals surface area contributed by atoms with E-state index in [1.54, 1.807) is 0 Å². The molecule has 2 nitrogen and oxygen atoms in total. The van der Waals surface area contributed by atoms with E-state index in [4.69, 9.17) is 0 Å². The van der Waals surface area contributed by atoms with Gasteiger partial charge in [-0.05, 0) is 5.56 Å². The minimum atomic E-state index is -0.889. The summed E-state index contributed by atoms with van der Waals surface area (Å²) in [7, 11) is 4.34. The van der Waals surface area contributed by atoms with Crippen LogP contribution in [-0.2, 0) is 12.1 Å². The summed E-state index contributed by atoms with van der Waals surface area (Å²) in [5.41, 5.74) is 2.39. The zero-order valence-corrected chi connectivity index (χ0v) is 14.0. The van der Waals surface area contributed by atoms with Crippen molar-refractivity contribution in [2.24, 2.45) is 0 Å². The van der Waals surface area contributed by atoms with Crippen LogP contribution in [0.3, 0.4) is 0 Å². The van der Waals surface area contributed by atoms with Crippen molar-refractivity contribution in [2.75, 3.05) is 20.6 Å². The molecule has 2 aromatic carbocycles. The first-order chi connectivity index (χ1) is 9.01. The quantitative estimate of drug-likeness (QED) is 0.523. The monoisotopic (exact) mass is 381 g/mol.